The van der Waals surface area contributed by atoms with Crippen LogP contribution in [-0.2, 0) is 0 Å². The van der Waals surface area contributed by atoms with Crippen molar-refractivity contribution in [1.82, 2.24) is 0 Å². The molecule has 0 radical (unpaired) electrons. The highest BCUT2D eigenvalue weighted by Gasteiger charge is 2.31. The lowest BCUT2D eigenvalue weighted by Crippen LogP contribution is -1.93. The summed E-state index contributed by atoms with van der Waals surface area (Å²) in [7, 11) is -0.810. The molecule has 2 aromatic carbocycles. The summed E-state index contributed by atoms with van der Waals surface area (Å²) in [4.78, 5) is 3.11. The fraction of sp³-hybridized carbons (Fsp3) is 0.250. The van der Waals surface area contributed by atoms with Crippen molar-refractivity contribution in [2.24, 2.45) is 0 Å². The van der Waals surface area contributed by atoms with E-state index in [0.717, 1.165) is 0 Å². The Morgan fingerprint density at radius 2 is 1.12 bits per heavy atom. The van der Waals surface area contributed by atoms with Gasteiger partial charge in [0.1, 0.15) is 0 Å². The predicted octanol–water partition coefficient (Wildman–Crippen LogP) is 4.77. The van der Waals surface area contributed by atoms with Crippen molar-refractivity contribution >= 4 is 10.0 Å². The van der Waals surface area contributed by atoms with E-state index >= 15 is 0 Å². The van der Waals surface area contributed by atoms with Crippen LogP contribution in [0.3, 0.4) is 0 Å². The third kappa shape index (κ3) is 1.45. The monoisotopic (exact) mass is 242 g/mol. The molecule has 0 amide bonds. The van der Waals surface area contributed by atoms with Crippen molar-refractivity contribution in [3.63, 3.8) is 0 Å². The summed E-state index contributed by atoms with van der Waals surface area (Å²) in [6.45, 7) is 4.37. The Hall–Kier alpha value is -1.21. The van der Waals surface area contributed by atoms with Gasteiger partial charge in [-0.25, -0.2) is 0 Å². The van der Waals surface area contributed by atoms with Crippen LogP contribution >= 0.6 is 10.0 Å². The fourth-order valence-electron chi connectivity index (χ4n) is 2.67. The van der Waals surface area contributed by atoms with Crippen molar-refractivity contribution in [3.05, 3.63) is 47.5 Å². The van der Waals surface area contributed by atoms with E-state index in [2.05, 4.69) is 62.8 Å². The van der Waals surface area contributed by atoms with Crippen molar-refractivity contribution in [1.29, 1.82) is 0 Å². The molecule has 1 heterocycles. The second-order valence-corrected chi connectivity index (χ2v) is 8.86. The highest BCUT2D eigenvalue weighted by Crippen LogP contribution is 2.67. The lowest BCUT2D eigenvalue weighted by Gasteiger charge is -2.28. The number of fused-ring (bicyclic) bond motifs is 3. The highest BCUT2D eigenvalue weighted by molar-refractivity contribution is 8.33. The van der Waals surface area contributed by atoms with Gasteiger partial charge in [0.15, 0.2) is 0 Å². The summed E-state index contributed by atoms with van der Waals surface area (Å²) >= 11 is 0. The van der Waals surface area contributed by atoms with Crippen molar-refractivity contribution in [2.75, 3.05) is 12.5 Å². The smallest absolute Gasteiger partial charge is 0.00180 e. The number of hydrogen-bond donors (Lipinski definition) is 0. The fourth-order valence-corrected chi connectivity index (χ4v) is 5.32. The summed E-state index contributed by atoms with van der Waals surface area (Å²) in [5.74, 6) is 0. The second kappa shape index (κ2) is 3.39. The first-order chi connectivity index (χ1) is 8.00. The molecule has 1 aliphatic heterocycles. The Morgan fingerprint density at radius 1 is 0.706 bits per heavy atom. The lowest BCUT2D eigenvalue weighted by molar-refractivity contribution is 1.35. The largest absolute Gasteiger partial charge is 0.192 e. The summed E-state index contributed by atoms with van der Waals surface area (Å²) in [6.07, 6.45) is 4.83. The minimum Gasteiger partial charge on any atom is -0.192 e. The zero-order chi connectivity index (χ0) is 12.2. The third-order valence-corrected chi connectivity index (χ3v) is 6.54. The molecule has 0 spiro atoms. The molecule has 0 saturated carbocycles. The Bertz CT molecular complexity index is 555. The van der Waals surface area contributed by atoms with Crippen LogP contribution in [0.2, 0.25) is 0 Å². The molecule has 0 aliphatic carbocycles. The zero-order valence-corrected chi connectivity index (χ0v) is 11.7. The Kier molecular flexibility index (Phi) is 2.18. The van der Waals surface area contributed by atoms with E-state index in [0.29, 0.717) is 0 Å². The van der Waals surface area contributed by atoms with Crippen LogP contribution in [0.15, 0.2) is 46.2 Å². The van der Waals surface area contributed by atoms with Gasteiger partial charge < -0.3 is 0 Å². The van der Waals surface area contributed by atoms with Gasteiger partial charge in [-0.05, 0) is 49.6 Å². The SMILES string of the molecule is Cc1ccc2c(c1)S(C)(C)c1cc(C)ccc1-2. The van der Waals surface area contributed by atoms with Gasteiger partial charge in [0, 0.05) is 9.79 Å². The Balaban J connectivity index is 2.37. The topological polar surface area (TPSA) is 0 Å². The van der Waals surface area contributed by atoms with E-state index in [1.807, 2.05) is 0 Å². The minimum absolute atomic E-state index is 0.810. The normalized spacial score (nSPS) is 17.4. The molecule has 0 saturated heterocycles. The van der Waals surface area contributed by atoms with Crippen LogP contribution in [-0.4, -0.2) is 12.5 Å². The van der Waals surface area contributed by atoms with Crippen LogP contribution in [0.1, 0.15) is 11.1 Å². The molecule has 0 unspecified atom stereocenters. The molecule has 0 nitrogen and oxygen atoms in total. The lowest BCUT2D eigenvalue weighted by atomic mass is 10.0. The quantitative estimate of drug-likeness (QED) is 0.624. The van der Waals surface area contributed by atoms with Gasteiger partial charge in [-0.2, -0.15) is 10.0 Å². The second-order valence-electron chi connectivity index (χ2n) is 5.33. The van der Waals surface area contributed by atoms with Crippen molar-refractivity contribution in [3.8, 4) is 11.1 Å². The average Bonchev–Trinajstić information content (AvgIpc) is 2.49. The van der Waals surface area contributed by atoms with Gasteiger partial charge in [-0.3, -0.25) is 0 Å². The van der Waals surface area contributed by atoms with Crippen molar-refractivity contribution in [2.45, 2.75) is 23.6 Å². The van der Waals surface area contributed by atoms with E-state index in [1.54, 1.807) is 9.79 Å². The predicted molar refractivity (Wildman–Crippen MR) is 77.3 cm³/mol. The standard InChI is InChI=1S/C16H18S/c1-11-5-7-13-14-8-6-12(2)10-16(14)17(3,4)15(13)9-11/h5-10H,1-4H3. The molecule has 17 heavy (non-hydrogen) atoms. The first-order valence-electron chi connectivity index (χ1n) is 5.95. The maximum atomic E-state index is 2.41. The molecule has 88 valence electrons. The molecular weight excluding hydrogens is 224 g/mol. The summed E-state index contributed by atoms with van der Waals surface area (Å²) in [5.41, 5.74) is 5.64. The maximum Gasteiger partial charge on any atom is 0.00180 e. The van der Waals surface area contributed by atoms with Crippen LogP contribution in [0.4, 0.5) is 0 Å². The molecule has 2 aromatic rings. The first-order valence-corrected chi connectivity index (χ1v) is 8.40. The molecule has 3 rings (SSSR count). The summed E-state index contributed by atoms with van der Waals surface area (Å²) in [6, 6.07) is 13.8. The third-order valence-electron chi connectivity index (χ3n) is 3.66. The van der Waals surface area contributed by atoms with Gasteiger partial charge >= 0.3 is 0 Å². The van der Waals surface area contributed by atoms with Gasteiger partial charge in [-0.1, -0.05) is 35.4 Å². The van der Waals surface area contributed by atoms with E-state index in [9.17, 15) is 0 Å². The van der Waals surface area contributed by atoms with Gasteiger partial charge in [0.2, 0.25) is 0 Å². The van der Waals surface area contributed by atoms with Crippen LogP contribution in [0, 0.1) is 13.8 Å². The van der Waals surface area contributed by atoms with E-state index < -0.39 is 10.0 Å². The molecule has 0 fully saturated rings. The minimum atomic E-state index is -0.810. The zero-order valence-electron chi connectivity index (χ0n) is 10.9. The summed E-state index contributed by atoms with van der Waals surface area (Å²) in [5, 5.41) is 0. The van der Waals surface area contributed by atoms with Crippen LogP contribution < -0.4 is 0 Å². The number of hydrogen-bond acceptors (Lipinski definition) is 0. The van der Waals surface area contributed by atoms with Crippen LogP contribution in [0.5, 0.6) is 0 Å². The molecule has 1 heteroatoms. The van der Waals surface area contributed by atoms with Gasteiger partial charge in [0.05, 0.1) is 0 Å². The maximum absolute atomic E-state index is 2.41. The van der Waals surface area contributed by atoms with Crippen molar-refractivity contribution < 1.29 is 0 Å². The summed E-state index contributed by atoms with van der Waals surface area (Å²) < 4.78 is 0. The molecule has 0 bridgehead atoms. The Labute approximate surface area is 105 Å². The molecule has 1 aliphatic rings. The van der Waals surface area contributed by atoms with E-state index in [1.165, 1.54) is 22.3 Å². The average molecular weight is 242 g/mol. The molecule has 0 aromatic heterocycles. The number of benzene rings is 2. The number of rotatable bonds is 0. The molecular formula is C16H18S. The first kappa shape index (κ1) is 10.9. The number of aryl methyl sites for hydroxylation is 2. The highest BCUT2D eigenvalue weighted by atomic mass is 32.3. The van der Waals surface area contributed by atoms with E-state index in [-0.39, 0.29) is 0 Å². The Morgan fingerprint density at radius 3 is 1.53 bits per heavy atom. The van der Waals surface area contributed by atoms with Gasteiger partial charge in [-0.15, -0.1) is 0 Å². The van der Waals surface area contributed by atoms with Crippen LogP contribution in [0.25, 0.3) is 11.1 Å². The molecule has 0 atom stereocenters. The molecule has 0 N–H and O–H groups in total. The van der Waals surface area contributed by atoms with Gasteiger partial charge in [0.25, 0.3) is 0 Å². The van der Waals surface area contributed by atoms with E-state index in [4.69, 9.17) is 0 Å².